The van der Waals surface area contributed by atoms with Crippen LogP contribution in [-0.4, -0.2) is 69.1 Å². The molecule has 4 aromatic rings. The van der Waals surface area contributed by atoms with Gasteiger partial charge in [0.25, 0.3) is 11.8 Å². The van der Waals surface area contributed by atoms with Crippen molar-refractivity contribution in [2.45, 2.75) is 13.1 Å². The topological polar surface area (TPSA) is 95.2 Å². The zero-order valence-electron chi connectivity index (χ0n) is 26.4. The van der Waals surface area contributed by atoms with Crippen LogP contribution < -0.4 is 25.4 Å². The SMILES string of the molecule is COc1ccc(CNC(=O)c2ccc3c(c2)/C(=C(/Nc2cccc(CN4CCN(C)CC4)c2)c2ccccc2)C(=O)N3)cc1OC. The van der Waals surface area contributed by atoms with Gasteiger partial charge < -0.3 is 30.3 Å². The van der Waals surface area contributed by atoms with Crippen LogP contribution in [0.4, 0.5) is 11.4 Å². The van der Waals surface area contributed by atoms with E-state index in [0.717, 1.165) is 49.5 Å². The first-order valence-electron chi connectivity index (χ1n) is 15.4. The Balaban J connectivity index is 1.28. The molecular formula is C37H39N5O4. The van der Waals surface area contributed by atoms with Gasteiger partial charge in [0, 0.05) is 61.8 Å². The second kappa shape index (κ2) is 13.9. The zero-order chi connectivity index (χ0) is 32.0. The molecule has 2 amide bonds. The highest BCUT2D eigenvalue weighted by Crippen LogP contribution is 2.38. The molecule has 2 heterocycles. The highest BCUT2D eigenvalue weighted by atomic mass is 16.5. The Morgan fingerprint density at radius 1 is 0.804 bits per heavy atom. The number of hydrogen-bond donors (Lipinski definition) is 3. The molecule has 9 heteroatoms. The molecule has 0 bridgehead atoms. The maximum atomic E-state index is 13.6. The molecule has 0 aliphatic carbocycles. The van der Waals surface area contributed by atoms with Gasteiger partial charge in [0.1, 0.15) is 0 Å². The van der Waals surface area contributed by atoms with E-state index in [1.807, 2.05) is 60.7 Å². The number of piperazine rings is 1. The summed E-state index contributed by atoms with van der Waals surface area (Å²) in [6.45, 7) is 5.37. The van der Waals surface area contributed by atoms with Crippen LogP contribution in [-0.2, 0) is 17.9 Å². The van der Waals surface area contributed by atoms with E-state index in [0.29, 0.717) is 46.1 Å². The van der Waals surface area contributed by atoms with Crippen molar-refractivity contribution in [1.82, 2.24) is 15.1 Å². The summed E-state index contributed by atoms with van der Waals surface area (Å²) in [5, 5.41) is 9.56. The molecule has 0 saturated carbocycles. The van der Waals surface area contributed by atoms with Gasteiger partial charge in [-0.1, -0.05) is 48.5 Å². The van der Waals surface area contributed by atoms with Crippen LogP contribution in [0, 0.1) is 0 Å². The van der Waals surface area contributed by atoms with Crippen LogP contribution >= 0.6 is 0 Å². The molecule has 3 N–H and O–H groups in total. The number of methoxy groups -OCH3 is 2. The van der Waals surface area contributed by atoms with Crippen molar-refractivity contribution in [2.24, 2.45) is 0 Å². The number of amides is 2. The summed E-state index contributed by atoms with van der Waals surface area (Å²) < 4.78 is 10.7. The van der Waals surface area contributed by atoms with Gasteiger partial charge in [0.15, 0.2) is 11.5 Å². The van der Waals surface area contributed by atoms with Crippen LogP contribution in [0.1, 0.15) is 32.6 Å². The van der Waals surface area contributed by atoms with Crippen molar-refractivity contribution in [3.63, 3.8) is 0 Å². The number of anilines is 2. The molecule has 4 aromatic carbocycles. The van der Waals surface area contributed by atoms with E-state index < -0.39 is 0 Å². The first-order valence-corrected chi connectivity index (χ1v) is 15.4. The number of nitrogens with one attached hydrogen (secondary N) is 3. The maximum Gasteiger partial charge on any atom is 0.258 e. The lowest BCUT2D eigenvalue weighted by Crippen LogP contribution is -2.43. The average Bonchev–Trinajstić information content (AvgIpc) is 3.42. The molecule has 46 heavy (non-hydrogen) atoms. The van der Waals surface area contributed by atoms with Gasteiger partial charge in [-0.05, 0) is 66.2 Å². The van der Waals surface area contributed by atoms with Crippen molar-refractivity contribution in [1.29, 1.82) is 0 Å². The Bertz CT molecular complexity index is 1760. The Hall–Kier alpha value is -5.12. The standard InChI is InChI=1S/C37H39N5O4/c1-41-16-18-42(19-17-41)24-26-8-7-11-29(20-26)39-35(27-9-5-4-6-10-27)34-30-22-28(13-14-31(30)40-37(34)44)36(43)38-23-25-12-15-32(45-2)33(21-25)46-3/h4-15,20-22,39H,16-19,23-24H2,1-3H3,(H,38,43)(H,40,44)/b35-34-. The summed E-state index contributed by atoms with van der Waals surface area (Å²) in [4.78, 5) is 31.7. The minimum Gasteiger partial charge on any atom is -0.493 e. The molecule has 1 saturated heterocycles. The van der Waals surface area contributed by atoms with E-state index >= 15 is 0 Å². The summed E-state index contributed by atoms with van der Waals surface area (Å²) in [6, 6.07) is 29.0. The molecule has 2 aliphatic rings. The fourth-order valence-corrected chi connectivity index (χ4v) is 5.87. The van der Waals surface area contributed by atoms with Gasteiger partial charge in [-0.2, -0.15) is 0 Å². The zero-order valence-corrected chi connectivity index (χ0v) is 26.4. The largest absolute Gasteiger partial charge is 0.493 e. The first-order chi connectivity index (χ1) is 22.4. The summed E-state index contributed by atoms with van der Waals surface area (Å²) >= 11 is 0. The molecule has 9 nitrogen and oxygen atoms in total. The number of benzene rings is 4. The van der Waals surface area contributed by atoms with Gasteiger partial charge in [-0.3, -0.25) is 14.5 Å². The lowest BCUT2D eigenvalue weighted by Gasteiger charge is -2.32. The molecule has 0 spiro atoms. The predicted octanol–water partition coefficient (Wildman–Crippen LogP) is 5.31. The van der Waals surface area contributed by atoms with Crippen LogP contribution in [0.3, 0.4) is 0 Å². The third-order valence-electron chi connectivity index (χ3n) is 8.44. The van der Waals surface area contributed by atoms with Gasteiger partial charge in [-0.25, -0.2) is 0 Å². The molecular weight excluding hydrogens is 578 g/mol. The van der Waals surface area contributed by atoms with Crippen LogP contribution in [0.15, 0.2) is 91.0 Å². The van der Waals surface area contributed by atoms with Crippen molar-refractivity contribution >= 4 is 34.5 Å². The van der Waals surface area contributed by atoms with Crippen molar-refractivity contribution in [3.8, 4) is 11.5 Å². The normalized spacial score (nSPS) is 15.9. The van der Waals surface area contributed by atoms with Crippen LogP contribution in [0.2, 0.25) is 0 Å². The number of ether oxygens (including phenoxy) is 2. The average molecular weight is 618 g/mol. The number of likely N-dealkylation sites (N-methyl/N-ethyl adjacent to an activating group) is 1. The van der Waals surface area contributed by atoms with E-state index in [2.05, 4.69) is 44.9 Å². The smallest absolute Gasteiger partial charge is 0.258 e. The van der Waals surface area contributed by atoms with E-state index in [4.69, 9.17) is 9.47 Å². The fraction of sp³-hybridized carbons (Fsp3) is 0.243. The van der Waals surface area contributed by atoms with Gasteiger partial charge >= 0.3 is 0 Å². The Morgan fingerprint density at radius 2 is 1.59 bits per heavy atom. The highest BCUT2D eigenvalue weighted by molar-refractivity contribution is 6.37. The van der Waals surface area contributed by atoms with E-state index in [-0.39, 0.29) is 11.8 Å². The molecule has 6 rings (SSSR count). The number of hydrogen-bond acceptors (Lipinski definition) is 7. The fourth-order valence-electron chi connectivity index (χ4n) is 5.87. The highest BCUT2D eigenvalue weighted by Gasteiger charge is 2.29. The second-order valence-corrected chi connectivity index (χ2v) is 11.6. The monoisotopic (exact) mass is 617 g/mol. The number of rotatable bonds is 10. The van der Waals surface area contributed by atoms with Crippen molar-refractivity contribution in [3.05, 3.63) is 119 Å². The van der Waals surface area contributed by atoms with E-state index in [9.17, 15) is 9.59 Å². The van der Waals surface area contributed by atoms with Gasteiger partial charge in [0.05, 0.1) is 25.5 Å². The lowest BCUT2D eigenvalue weighted by molar-refractivity contribution is -0.110. The summed E-state index contributed by atoms with van der Waals surface area (Å²) in [7, 11) is 5.32. The van der Waals surface area contributed by atoms with Crippen LogP contribution in [0.5, 0.6) is 11.5 Å². The second-order valence-electron chi connectivity index (χ2n) is 11.6. The van der Waals surface area contributed by atoms with E-state index in [1.54, 1.807) is 32.4 Å². The van der Waals surface area contributed by atoms with Gasteiger partial charge in [-0.15, -0.1) is 0 Å². The molecule has 236 valence electrons. The molecule has 0 unspecified atom stereocenters. The Kier molecular flexibility index (Phi) is 9.33. The minimum absolute atomic E-state index is 0.224. The summed E-state index contributed by atoms with van der Waals surface area (Å²) in [5.41, 5.74) is 6.79. The molecule has 2 aliphatic heterocycles. The third kappa shape index (κ3) is 6.91. The summed E-state index contributed by atoms with van der Waals surface area (Å²) in [6.07, 6.45) is 0. The van der Waals surface area contributed by atoms with Gasteiger partial charge in [0.2, 0.25) is 0 Å². The maximum absolute atomic E-state index is 13.6. The van der Waals surface area contributed by atoms with E-state index in [1.165, 1.54) is 5.56 Å². The number of nitrogens with zero attached hydrogens (tertiary/aromatic N) is 2. The Morgan fingerprint density at radius 3 is 2.35 bits per heavy atom. The molecule has 0 aromatic heterocycles. The quantitative estimate of drug-likeness (QED) is 0.208. The van der Waals surface area contributed by atoms with Crippen LogP contribution in [0.25, 0.3) is 11.3 Å². The molecule has 1 fully saturated rings. The molecule has 0 radical (unpaired) electrons. The predicted molar refractivity (Wildman–Crippen MR) is 182 cm³/mol. The first kappa shape index (κ1) is 30.9. The lowest BCUT2D eigenvalue weighted by atomic mass is 9.98. The van der Waals surface area contributed by atoms with Crippen molar-refractivity contribution in [2.75, 3.05) is 58.1 Å². The number of fused-ring (bicyclic) bond motifs is 1. The summed E-state index contributed by atoms with van der Waals surface area (Å²) in [5.74, 6) is 0.745. The number of carbonyl (C=O) groups excluding carboxylic acids is 2. The number of carbonyl (C=O) groups is 2. The third-order valence-corrected chi connectivity index (χ3v) is 8.44. The minimum atomic E-state index is -0.248. The molecule has 0 atom stereocenters. The Labute approximate surface area is 269 Å². The van der Waals surface area contributed by atoms with Crippen molar-refractivity contribution < 1.29 is 19.1 Å².